The van der Waals surface area contributed by atoms with Gasteiger partial charge in [-0.15, -0.1) is 0 Å². The van der Waals surface area contributed by atoms with E-state index in [1.807, 2.05) is 0 Å². The molecule has 1 N–H and O–H groups in total. The molecule has 0 aromatic heterocycles. The summed E-state index contributed by atoms with van der Waals surface area (Å²) in [6.45, 7) is 14.0. The molecule has 1 rings (SSSR count). The van der Waals surface area contributed by atoms with Crippen LogP contribution in [0.25, 0.3) is 0 Å². The molecule has 1 fully saturated rings. The Labute approximate surface area is 114 Å². The molecular formula is C15H33N3. The maximum atomic E-state index is 3.56. The smallest absolute Gasteiger partial charge is 0.0254 e. The van der Waals surface area contributed by atoms with Crippen molar-refractivity contribution >= 4 is 0 Å². The second-order valence-corrected chi connectivity index (χ2v) is 7.15. The molecular weight excluding hydrogens is 222 g/mol. The van der Waals surface area contributed by atoms with Crippen LogP contribution in [-0.2, 0) is 0 Å². The summed E-state index contributed by atoms with van der Waals surface area (Å²) in [4.78, 5) is 5.01. The second-order valence-electron chi connectivity index (χ2n) is 7.15. The molecule has 0 saturated carbocycles. The Balaban J connectivity index is 2.11. The minimum absolute atomic E-state index is 0.262. The third kappa shape index (κ3) is 5.68. The van der Waals surface area contributed by atoms with E-state index in [9.17, 15) is 0 Å². The first-order valence-corrected chi connectivity index (χ1v) is 7.43. The monoisotopic (exact) mass is 255 g/mol. The summed E-state index contributed by atoms with van der Waals surface area (Å²) in [5.41, 5.74) is 0.262. The molecule has 2 unspecified atom stereocenters. The minimum atomic E-state index is 0.262. The van der Waals surface area contributed by atoms with Crippen molar-refractivity contribution in [2.24, 2.45) is 5.92 Å². The highest BCUT2D eigenvalue weighted by atomic mass is 15.2. The third-order valence-corrected chi connectivity index (χ3v) is 3.87. The molecule has 0 aliphatic carbocycles. The topological polar surface area (TPSA) is 18.5 Å². The number of likely N-dealkylation sites (tertiary alicyclic amines) is 1. The van der Waals surface area contributed by atoms with E-state index in [2.05, 4.69) is 56.9 Å². The van der Waals surface area contributed by atoms with Gasteiger partial charge >= 0.3 is 0 Å². The van der Waals surface area contributed by atoms with Crippen LogP contribution in [0.15, 0.2) is 0 Å². The van der Waals surface area contributed by atoms with Crippen LogP contribution in [0.4, 0.5) is 0 Å². The van der Waals surface area contributed by atoms with Gasteiger partial charge in [-0.25, -0.2) is 0 Å². The number of likely N-dealkylation sites (N-methyl/N-ethyl adjacent to an activating group) is 1. The molecule has 0 aromatic rings. The van der Waals surface area contributed by atoms with Gasteiger partial charge in [0.15, 0.2) is 0 Å². The first-order valence-electron chi connectivity index (χ1n) is 7.43. The van der Waals surface area contributed by atoms with Crippen molar-refractivity contribution in [1.29, 1.82) is 0 Å². The Hall–Kier alpha value is -0.120. The lowest BCUT2D eigenvalue weighted by Crippen LogP contribution is -2.36. The fraction of sp³-hybridized carbons (Fsp3) is 1.00. The molecule has 3 heteroatoms. The van der Waals surface area contributed by atoms with Crippen LogP contribution >= 0.6 is 0 Å². The van der Waals surface area contributed by atoms with E-state index in [4.69, 9.17) is 0 Å². The van der Waals surface area contributed by atoms with E-state index in [1.165, 1.54) is 32.5 Å². The summed E-state index contributed by atoms with van der Waals surface area (Å²) in [5.74, 6) is 0.813. The molecule has 1 aliphatic heterocycles. The van der Waals surface area contributed by atoms with Gasteiger partial charge in [0.05, 0.1) is 0 Å². The molecule has 0 aromatic carbocycles. The minimum Gasteiger partial charge on any atom is -0.312 e. The van der Waals surface area contributed by atoms with Crippen molar-refractivity contribution in [3.05, 3.63) is 0 Å². The molecule has 1 heterocycles. The van der Waals surface area contributed by atoms with E-state index in [-0.39, 0.29) is 5.54 Å². The summed E-state index contributed by atoms with van der Waals surface area (Å²) in [6, 6.07) is 0.748. The molecule has 1 aliphatic rings. The second kappa shape index (κ2) is 6.88. The molecule has 0 radical (unpaired) electrons. The van der Waals surface area contributed by atoms with Gasteiger partial charge in [0, 0.05) is 24.7 Å². The maximum absolute atomic E-state index is 3.56. The van der Waals surface area contributed by atoms with Crippen LogP contribution in [-0.4, -0.2) is 61.7 Å². The first-order chi connectivity index (χ1) is 8.29. The summed E-state index contributed by atoms with van der Waals surface area (Å²) in [7, 11) is 4.41. The van der Waals surface area contributed by atoms with Gasteiger partial charge in [0.2, 0.25) is 0 Å². The molecule has 0 bridgehead atoms. The number of hydrogen-bond acceptors (Lipinski definition) is 3. The highest BCUT2D eigenvalue weighted by Crippen LogP contribution is 2.20. The van der Waals surface area contributed by atoms with Crippen molar-refractivity contribution in [3.63, 3.8) is 0 Å². The van der Waals surface area contributed by atoms with Crippen LogP contribution < -0.4 is 5.32 Å². The van der Waals surface area contributed by atoms with Crippen LogP contribution in [0.5, 0.6) is 0 Å². The number of nitrogens with zero attached hydrogens (tertiary/aromatic N) is 2. The molecule has 1 saturated heterocycles. The average Bonchev–Trinajstić information content (AvgIpc) is 2.57. The van der Waals surface area contributed by atoms with Gasteiger partial charge in [0.1, 0.15) is 0 Å². The lowest BCUT2D eigenvalue weighted by molar-refractivity contribution is 0.250. The summed E-state index contributed by atoms with van der Waals surface area (Å²) in [6.07, 6.45) is 2.60. The van der Waals surface area contributed by atoms with Crippen LogP contribution in [0, 0.1) is 5.92 Å². The van der Waals surface area contributed by atoms with Crippen molar-refractivity contribution in [2.75, 3.05) is 40.3 Å². The Morgan fingerprint density at radius 3 is 2.33 bits per heavy atom. The molecule has 2 atom stereocenters. The zero-order valence-electron chi connectivity index (χ0n) is 13.3. The largest absolute Gasteiger partial charge is 0.312 e. The van der Waals surface area contributed by atoms with E-state index < -0.39 is 0 Å². The molecule has 108 valence electrons. The van der Waals surface area contributed by atoms with E-state index in [0.717, 1.165) is 18.5 Å². The number of unbranched alkanes of at least 4 members (excludes halogenated alkanes) is 1. The van der Waals surface area contributed by atoms with Gasteiger partial charge < -0.3 is 15.1 Å². The molecule has 18 heavy (non-hydrogen) atoms. The van der Waals surface area contributed by atoms with Crippen molar-refractivity contribution < 1.29 is 0 Å². The summed E-state index contributed by atoms with van der Waals surface area (Å²) >= 11 is 0. The fourth-order valence-electron chi connectivity index (χ4n) is 2.83. The van der Waals surface area contributed by atoms with Crippen LogP contribution in [0.3, 0.4) is 0 Å². The quantitative estimate of drug-likeness (QED) is 0.733. The lowest BCUT2D eigenvalue weighted by Gasteiger charge is -2.23. The SMILES string of the molecule is CC1CN(CCCCNC(C)(C)C)CC1N(C)C. The molecule has 3 nitrogen and oxygen atoms in total. The van der Waals surface area contributed by atoms with Crippen LogP contribution in [0.1, 0.15) is 40.5 Å². The van der Waals surface area contributed by atoms with Gasteiger partial charge in [-0.1, -0.05) is 6.92 Å². The number of nitrogens with one attached hydrogen (secondary N) is 1. The van der Waals surface area contributed by atoms with E-state index in [1.54, 1.807) is 0 Å². The normalized spacial score (nSPS) is 26.2. The summed E-state index contributed by atoms with van der Waals surface area (Å²) in [5, 5.41) is 3.56. The highest BCUT2D eigenvalue weighted by molar-refractivity contribution is 4.86. The van der Waals surface area contributed by atoms with Crippen molar-refractivity contribution in [3.8, 4) is 0 Å². The number of rotatable bonds is 6. The fourth-order valence-corrected chi connectivity index (χ4v) is 2.83. The Bertz CT molecular complexity index is 232. The predicted molar refractivity (Wildman–Crippen MR) is 80.1 cm³/mol. The lowest BCUT2D eigenvalue weighted by atomic mass is 10.1. The number of hydrogen-bond donors (Lipinski definition) is 1. The van der Waals surface area contributed by atoms with E-state index >= 15 is 0 Å². The Morgan fingerprint density at radius 1 is 1.17 bits per heavy atom. The van der Waals surface area contributed by atoms with Crippen molar-refractivity contribution in [2.45, 2.75) is 52.1 Å². The van der Waals surface area contributed by atoms with Crippen molar-refractivity contribution in [1.82, 2.24) is 15.1 Å². The van der Waals surface area contributed by atoms with Gasteiger partial charge in [0.25, 0.3) is 0 Å². The average molecular weight is 255 g/mol. The maximum Gasteiger partial charge on any atom is 0.0254 e. The van der Waals surface area contributed by atoms with Crippen LogP contribution in [0.2, 0.25) is 0 Å². The van der Waals surface area contributed by atoms with Gasteiger partial charge in [-0.2, -0.15) is 0 Å². The van der Waals surface area contributed by atoms with Gasteiger partial charge in [-0.05, 0) is 66.7 Å². The predicted octanol–water partition coefficient (Wildman–Crippen LogP) is 2.04. The molecule has 0 amide bonds. The molecule has 0 spiro atoms. The summed E-state index contributed by atoms with van der Waals surface area (Å²) < 4.78 is 0. The third-order valence-electron chi connectivity index (χ3n) is 3.87. The Morgan fingerprint density at radius 2 is 1.83 bits per heavy atom. The van der Waals surface area contributed by atoms with Gasteiger partial charge in [-0.3, -0.25) is 0 Å². The Kier molecular flexibility index (Phi) is 6.09. The first kappa shape index (κ1) is 15.9. The van der Waals surface area contributed by atoms with E-state index in [0.29, 0.717) is 0 Å². The zero-order valence-corrected chi connectivity index (χ0v) is 13.3. The standard InChI is InChI=1S/C15H33N3/c1-13-11-18(12-14(13)17(5)6)10-8-7-9-16-15(2,3)4/h13-14,16H,7-12H2,1-6H3. The highest BCUT2D eigenvalue weighted by Gasteiger charge is 2.30. The zero-order chi connectivity index (χ0) is 13.8.